The highest BCUT2D eigenvalue weighted by atomic mass is 127. The molecule has 7 nitrogen and oxygen atoms in total. The van der Waals surface area contributed by atoms with Gasteiger partial charge in [0.2, 0.25) is 0 Å². The van der Waals surface area contributed by atoms with Crippen molar-refractivity contribution >= 4 is 57.8 Å². The summed E-state index contributed by atoms with van der Waals surface area (Å²) in [6.45, 7) is 0.239. The van der Waals surface area contributed by atoms with Gasteiger partial charge in [0.15, 0.2) is 11.5 Å². The topological polar surface area (TPSA) is 109 Å². The number of aromatic carboxylic acids is 1. The summed E-state index contributed by atoms with van der Waals surface area (Å²) in [5.41, 5.74) is 1.50. The Hall–Kier alpha value is -3.55. The van der Waals surface area contributed by atoms with Gasteiger partial charge in [0, 0.05) is 16.3 Å². The third-order valence-electron chi connectivity index (χ3n) is 4.63. The van der Waals surface area contributed by atoms with Crippen LogP contribution in [0.2, 0.25) is 5.02 Å². The number of ether oxygens (including phenoxy) is 2. The van der Waals surface area contributed by atoms with Crippen LogP contribution in [0.1, 0.15) is 21.5 Å². The summed E-state index contributed by atoms with van der Waals surface area (Å²) in [5, 5.41) is 21.8. The molecule has 0 heterocycles. The zero-order valence-electron chi connectivity index (χ0n) is 17.8. The Morgan fingerprint density at radius 3 is 2.62 bits per heavy atom. The van der Waals surface area contributed by atoms with E-state index in [1.54, 1.807) is 18.2 Å². The first-order valence-electron chi connectivity index (χ1n) is 9.82. The number of rotatable bonds is 8. The summed E-state index contributed by atoms with van der Waals surface area (Å²) in [6.07, 6.45) is 1.42. The van der Waals surface area contributed by atoms with Crippen LogP contribution < -0.4 is 14.8 Å². The fraction of sp³-hybridized carbons (Fsp3) is 0.0800. The van der Waals surface area contributed by atoms with Crippen molar-refractivity contribution in [1.82, 2.24) is 0 Å². The van der Waals surface area contributed by atoms with E-state index in [2.05, 4.69) is 27.9 Å². The van der Waals surface area contributed by atoms with Crippen molar-refractivity contribution in [3.05, 3.63) is 91.5 Å². The van der Waals surface area contributed by atoms with Crippen LogP contribution in [0.3, 0.4) is 0 Å². The van der Waals surface area contributed by atoms with Gasteiger partial charge in [-0.2, -0.15) is 5.26 Å². The number of carboxylic acids is 1. The van der Waals surface area contributed by atoms with E-state index in [1.807, 2.05) is 24.3 Å². The van der Waals surface area contributed by atoms with Crippen molar-refractivity contribution in [2.75, 3.05) is 12.4 Å². The van der Waals surface area contributed by atoms with Crippen LogP contribution >= 0.6 is 34.2 Å². The number of carbonyl (C=O) groups excluding carboxylic acids is 1. The molecule has 172 valence electrons. The number of carboxylic acid groups (broad SMARTS) is 1. The zero-order valence-corrected chi connectivity index (χ0v) is 20.8. The number of carbonyl (C=O) groups is 2. The van der Waals surface area contributed by atoms with Crippen LogP contribution in [-0.4, -0.2) is 24.1 Å². The fourth-order valence-electron chi connectivity index (χ4n) is 2.97. The van der Waals surface area contributed by atoms with Crippen molar-refractivity contribution in [3.8, 4) is 17.6 Å². The molecular formula is C25H18ClIN2O5. The molecule has 3 aromatic carbocycles. The minimum absolute atomic E-state index is 0.0203. The molecule has 3 aromatic rings. The molecule has 0 bridgehead atoms. The van der Waals surface area contributed by atoms with E-state index < -0.39 is 11.9 Å². The maximum absolute atomic E-state index is 12.6. The molecule has 0 aromatic heterocycles. The van der Waals surface area contributed by atoms with Crippen LogP contribution in [0, 0.1) is 14.9 Å². The molecule has 34 heavy (non-hydrogen) atoms. The van der Waals surface area contributed by atoms with Crippen LogP contribution in [0.25, 0.3) is 6.08 Å². The molecule has 0 spiro atoms. The lowest BCUT2D eigenvalue weighted by atomic mass is 10.1. The van der Waals surface area contributed by atoms with Crippen molar-refractivity contribution in [1.29, 1.82) is 5.26 Å². The molecule has 0 aliphatic carbocycles. The number of nitrogens with zero attached hydrogens (tertiary/aromatic N) is 1. The van der Waals surface area contributed by atoms with Crippen LogP contribution in [-0.2, 0) is 11.4 Å². The number of nitrogens with one attached hydrogen (secondary N) is 1. The number of halogens is 2. The predicted octanol–water partition coefficient (Wildman–Crippen LogP) is 5.78. The van der Waals surface area contributed by atoms with Gasteiger partial charge in [-0.1, -0.05) is 35.9 Å². The highest BCUT2D eigenvalue weighted by Crippen LogP contribution is 2.35. The van der Waals surface area contributed by atoms with E-state index in [0.29, 0.717) is 25.7 Å². The molecule has 0 atom stereocenters. The zero-order chi connectivity index (χ0) is 24.7. The van der Waals surface area contributed by atoms with Gasteiger partial charge in [-0.05, 0) is 70.6 Å². The molecule has 3 rings (SSSR count). The van der Waals surface area contributed by atoms with Gasteiger partial charge in [0.25, 0.3) is 5.91 Å². The molecular weight excluding hydrogens is 571 g/mol. The van der Waals surface area contributed by atoms with Crippen molar-refractivity contribution < 1.29 is 24.2 Å². The van der Waals surface area contributed by atoms with Crippen molar-refractivity contribution in [3.63, 3.8) is 0 Å². The van der Waals surface area contributed by atoms with Gasteiger partial charge in [-0.25, -0.2) is 4.79 Å². The Balaban J connectivity index is 1.83. The molecule has 0 unspecified atom stereocenters. The average Bonchev–Trinajstić information content (AvgIpc) is 2.82. The fourth-order valence-corrected chi connectivity index (χ4v) is 3.94. The maximum atomic E-state index is 12.6. The summed E-state index contributed by atoms with van der Waals surface area (Å²) >= 11 is 8.28. The highest BCUT2D eigenvalue weighted by Gasteiger charge is 2.15. The van der Waals surface area contributed by atoms with E-state index in [-0.39, 0.29) is 23.4 Å². The normalized spacial score (nSPS) is 10.8. The SMILES string of the molecule is COc1cc(/C=C(/C#N)C(=O)Nc2cccc(C(=O)O)c2)cc(I)c1OCc1ccccc1Cl. The quantitative estimate of drug-likeness (QED) is 0.196. The van der Waals surface area contributed by atoms with E-state index in [9.17, 15) is 14.9 Å². The first-order valence-corrected chi connectivity index (χ1v) is 11.3. The Kier molecular flexibility index (Phi) is 8.51. The second-order valence-electron chi connectivity index (χ2n) is 6.92. The smallest absolute Gasteiger partial charge is 0.335 e. The van der Waals surface area contributed by atoms with Gasteiger partial charge >= 0.3 is 5.97 Å². The maximum Gasteiger partial charge on any atom is 0.335 e. The number of hydrogen-bond donors (Lipinski definition) is 2. The summed E-state index contributed by atoms with van der Waals surface area (Å²) in [6, 6.07) is 18.4. The van der Waals surface area contributed by atoms with Crippen LogP contribution in [0.5, 0.6) is 11.5 Å². The summed E-state index contributed by atoms with van der Waals surface area (Å²) in [4.78, 5) is 23.7. The standard InChI is InChI=1S/C25H18ClIN2O5/c1-33-22-11-15(10-21(27)23(22)34-14-17-5-2-3-8-20(17)26)9-18(13-28)24(30)29-19-7-4-6-16(12-19)25(31)32/h2-12H,14H2,1H3,(H,29,30)(H,31,32)/b18-9-. The molecule has 0 saturated carbocycles. The third kappa shape index (κ3) is 6.27. The Bertz CT molecular complexity index is 1320. The predicted molar refractivity (Wildman–Crippen MR) is 137 cm³/mol. The van der Waals surface area contributed by atoms with Gasteiger partial charge in [-0.15, -0.1) is 0 Å². The van der Waals surface area contributed by atoms with Gasteiger partial charge in [-0.3, -0.25) is 4.79 Å². The summed E-state index contributed by atoms with van der Waals surface area (Å²) in [7, 11) is 1.49. The second-order valence-corrected chi connectivity index (χ2v) is 8.49. The number of anilines is 1. The molecule has 0 aliphatic rings. The monoisotopic (exact) mass is 588 g/mol. The molecule has 9 heteroatoms. The highest BCUT2D eigenvalue weighted by molar-refractivity contribution is 14.1. The Morgan fingerprint density at radius 2 is 1.94 bits per heavy atom. The minimum atomic E-state index is -1.12. The molecule has 1 amide bonds. The first kappa shape index (κ1) is 25.1. The number of benzene rings is 3. The minimum Gasteiger partial charge on any atom is -0.493 e. The first-order chi connectivity index (χ1) is 16.3. The van der Waals surface area contributed by atoms with Gasteiger partial charge < -0.3 is 19.9 Å². The van der Waals surface area contributed by atoms with Crippen molar-refractivity contribution in [2.45, 2.75) is 6.61 Å². The largest absolute Gasteiger partial charge is 0.493 e. The van der Waals surface area contributed by atoms with E-state index in [1.165, 1.54) is 37.5 Å². The van der Waals surface area contributed by atoms with Crippen molar-refractivity contribution in [2.24, 2.45) is 0 Å². The second kappa shape index (κ2) is 11.5. The molecule has 0 saturated heterocycles. The Labute approximate surface area is 214 Å². The lowest BCUT2D eigenvalue weighted by molar-refractivity contribution is -0.112. The Morgan fingerprint density at radius 1 is 1.18 bits per heavy atom. The van der Waals surface area contributed by atoms with E-state index in [4.69, 9.17) is 26.2 Å². The van der Waals surface area contributed by atoms with Gasteiger partial charge in [0.05, 0.1) is 16.2 Å². The van der Waals surface area contributed by atoms with Crippen LogP contribution in [0.4, 0.5) is 5.69 Å². The lowest BCUT2D eigenvalue weighted by Gasteiger charge is -2.14. The van der Waals surface area contributed by atoms with Crippen LogP contribution in [0.15, 0.2) is 66.2 Å². The molecule has 0 aliphatic heterocycles. The summed E-state index contributed by atoms with van der Waals surface area (Å²) < 4.78 is 12.1. The summed E-state index contributed by atoms with van der Waals surface area (Å²) in [5.74, 6) is -0.852. The van der Waals surface area contributed by atoms with E-state index in [0.717, 1.165) is 5.56 Å². The number of nitriles is 1. The van der Waals surface area contributed by atoms with E-state index >= 15 is 0 Å². The number of hydrogen-bond acceptors (Lipinski definition) is 5. The number of amides is 1. The average molecular weight is 589 g/mol. The molecule has 2 N–H and O–H groups in total. The van der Waals surface area contributed by atoms with Gasteiger partial charge in [0.1, 0.15) is 18.2 Å². The molecule has 0 radical (unpaired) electrons. The lowest BCUT2D eigenvalue weighted by Crippen LogP contribution is -2.14. The molecule has 0 fully saturated rings. The third-order valence-corrected chi connectivity index (χ3v) is 5.80. The number of methoxy groups -OCH3 is 1.